The second-order valence-corrected chi connectivity index (χ2v) is 5.16. The number of nitriles is 1. The molecule has 0 bridgehead atoms. The van der Waals surface area contributed by atoms with Crippen molar-refractivity contribution in [2.45, 2.75) is 6.10 Å². The molecular weight excluding hydrogens is 333 g/mol. The Labute approximate surface area is 140 Å². The molecule has 3 rings (SSSR count). The van der Waals surface area contributed by atoms with Crippen molar-refractivity contribution in [1.82, 2.24) is 20.3 Å². The number of amides is 3. The summed E-state index contributed by atoms with van der Waals surface area (Å²) in [6.07, 6.45) is 0.0421. The lowest BCUT2D eigenvalue weighted by molar-refractivity contribution is 0.141. The van der Waals surface area contributed by atoms with Crippen molar-refractivity contribution in [2.24, 2.45) is 5.73 Å². The number of nitrogens with one attached hydrogen (secondary N) is 1. The lowest BCUT2D eigenvalue weighted by Gasteiger charge is -2.14. The van der Waals surface area contributed by atoms with Gasteiger partial charge in [-0.3, -0.25) is 4.90 Å². The van der Waals surface area contributed by atoms with E-state index >= 15 is 0 Å². The number of aromatic nitrogens is 3. The number of hydrogen-bond acceptors (Lipinski definition) is 6. The monoisotopic (exact) mass is 345 g/mol. The number of benzene rings is 1. The van der Waals surface area contributed by atoms with E-state index in [1.54, 1.807) is 6.07 Å². The Kier molecular flexibility index (Phi) is 4.17. The van der Waals surface area contributed by atoms with Crippen molar-refractivity contribution in [2.75, 3.05) is 18.0 Å². The summed E-state index contributed by atoms with van der Waals surface area (Å²) >= 11 is 0. The first kappa shape index (κ1) is 16.2. The molecule has 0 aliphatic carbocycles. The van der Waals surface area contributed by atoms with E-state index in [0.29, 0.717) is 0 Å². The maximum Gasteiger partial charge on any atom is 0.414 e. The summed E-state index contributed by atoms with van der Waals surface area (Å²) in [7, 11) is 0. The molecule has 1 aromatic carbocycles. The van der Waals surface area contributed by atoms with E-state index in [1.165, 1.54) is 23.2 Å². The summed E-state index contributed by atoms with van der Waals surface area (Å²) in [5.74, 6) is -0.654. The summed E-state index contributed by atoms with van der Waals surface area (Å²) < 4.78 is 20.6. The number of nitrogens with zero attached hydrogens (tertiary/aromatic N) is 5. The van der Waals surface area contributed by atoms with Gasteiger partial charge in [0, 0.05) is 0 Å². The minimum Gasteiger partial charge on any atom is -0.442 e. The first-order chi connectivity index (χ1) is 12.0. The third kappa shape index (κ3) is 3.32. The van der Waals surface area contributed by atoms with Crippen LogP contribution in [0.15, 0.2) is 24.4 Å². The van der Waals surface area contributed by atoms with Crippen LogP contribution >= 0.6 is 0 Å². The van der Waals surface area contributed by atoms with Gasteiger partial charge in [0.2, 0.25) is 0 Å². The standard InChI is InChI=1S/C14H12FN7O3/c15-11-3-9(1-2-12(11)22-6-8(4-16)19-20-22)21-7-10(25-14(21)24)5-18-13(17)23/h1-3,6,10H,5,7H2,(H3,17,18,23)/t10-/m0/s1. The molecule has 0 radical (unpaired) electrons. The van der Waals surface area contributed by atoms with E-state index < -0.39 is 24.0 Å². The van der Waals surface area contributed by atoms with Gasteiger partial charge < -0.3 is 15.8 Å². The van der Waals surface area contributed by atoms with Gasteiger partial charge in [-0.05, 0) is 18.2 Å². The van der Waals surface area contributed by atoms with Gasteiger partial charge in [0.15, 0.2) is 11.5 Å². The average Bonchev–Trinajstić information content (AvgIpc) is 3.19. The van der Waals surface area contributed by atoms with Crippen LogP contribution in [-0.2, 0) is 4.74 Å². The van der Waals surface area contributed by atoms with Crippen molar-refractivity contribution in [1.29, 1.82) is 5.26 Å². The number of hydrogen-bond donors (Lipinski definition) is 2. The molecule has 11 heteroatoms. The third-order valence-corrected chi connectivity index (χ3v) is 3.48. The van der Waals surface area contributed by atoms with Crippen LogP contribution < -0.4 is 16.0 Å². The highest BCUT2D eigenvalue weighted by Gasteiger charge is 2.32. The van der Waals surface area contributed by atoms with Crippen LogP contribution in [0.25, 0.3) is 5.69 Å². The fourth-order valence-electron chi connectivity index (χ4n) is 2.34. The minimum absolute atomic E-state index is 0.0522. The van der Waals surface area contributed by atoms with E-state index in [1.807, 2.05) is 0 Å². The summed E-state index contributed by atoms with van der Waals surface area (Å²) in [6, 6.07) is 5.13. The van der Waals surface area contributed by atoms with Crippen LogP contribution in [-0.4, -0.2) is 46.3 Å². The summed E-state index contributed by atoms with van der Waals surface area (Å²) in [6.45, 7) is 0.202. The van der Waals surface area contributed by atoms with Gasteiger partial charge >= 0.3 is 12.1 Å². The second-order valence-electron chi connectivity index (χ2n) is 5.16. The van der Waals surface area contributed by atoms with Crippen molar-refractivity contribution < 1.29 is 18.7 Å². The zero-order valence-corrected chi connectivity index (χ0v) is 12.7. The number of ether oxygens (including phenoxy) is 1. The first-order valence-corrected chi connectivity index (χ1v) is 7.11. The number of carbonyl (C=O) groups is 2. The van der Waals surface area contributed by atoms with Crippen LogP contribution in [0.5, 0.6) is 0 Å². The van der Waals surface area contributed by atoms with E-state index in [0.717, 1.165) is 10.7 Å². The zero-order chi connectivity index (χ0) is 18.0. The van der Waals surface area contributed by atoms with Crippen molar-refractivity contribution in [3.8, 4) is 11.8 Å². The van der Waals surface area contributed by atoms with Gasteiger partial charge in [0.25, 0.3) is 0 Å². The molecule has 1 fully saturated rings. The Morgan fingerprint density at radius 1 is 1.56 bits per heavy atom. The molecule has 0 unspecified atom stereocenters. The smallest absolute Gasteiger partial charge is 0.414 e. The molecule has 1 aromatic heterocycles. The summed E-state index contributed by atoms with van der Waals surface area (Å²) in [5, 5.41) is 18.3. The molecule has 2 aromatic rings. The molecule has 2 heterocycles. The predicted molar refractivity (Wildman–Crippen MR) is 81.2 cm³/mol. The quantitative estimate of drug-likeness (QED) is 0.815. The Morgan fingerprint density at radius 3 is 3.00 bits per heavy atom. The van der Waals surface area contributed by atoms with Crippen LogP contribution in [0.1, 0.15) is 5.69 Å². The molecule has 25 heavy (non-hydrogen) atoms. The number of rotatable bonds is 4. The van der Waals surface area contributed by atoms with Crippen molar-refractivity contribution in [3.63, 3.8) is 0 Å². The van der Waals surface area contributed by atoms with Crippen LogP contribution in [0.4, 0.5) is 19.7 Å². The van der Waals surface area contributed by atoms with Crippen molar-refractivity contribution >= 4 is 17.8 Å². The Balaban J connectivity index is 1.77. The highest BCUT2D eigenvalue weighted by atomic mass is 19.1. The summed E-state index contributed by atoms with van der Waals surface area (Å²) in [5.41, 5.74) is 5.39. The van der Waals surface area contributed by atoms with Crippen LogP contribution in [0, 0.1) is 17.1 Å². The molecular formula is C14H12FN7O3. The maximum absolute atomic E-state index is 14.4. The fraction of sp³-hybridized carbons (Fsp3) is 0.214. The molecule has 1 atom stereocenters. The normalized spacial score (nSPS) is 16.4. The van der Waals surface area contributed by atoms with Gasteiger partial charge in [-0.15, -0.1) is 5.10 Å². The lowest BCUT2D eigenvalue weighted by atomic mass is 10.2. The number of anilines is 1. The largest absolute Gasteiger partial charge is 0.442 e. The highest BCUT2D eigenvalue weighted by molar-refractivity contribution is 5.90. The van der Waals surface area contributed by atoms with Gasteiger partial charge in [-0.1, -0.05) is 5.21 Å². The van der Waals surface area contributed by atoms with E-state index in [2.05, 4.69) is 15.6 Å². The number of nitrogens with two attached hydrogens (primary N) is 1. The lowest BCUT2D eigenvalue weighted by Crippen LogP contribution is -2.37. The third-order valence-electron chi connectivity index (χ3n) is 3.48. The molecule has 1 saturated heterocycles. The fourth-order valence-corrected chi connectivity index (χ4v) is 2.34. The van der Waals surface area contributed by atoms with Crippen molar-refractivity contribution in [3.05, 3.63) is 35.9 Å². The number of primary amides is 1. The van der Waals surface area contributed by atoms with Gasteiger partial charge in [-0.2, -0.15) is 5.26 Å². The predicted octanol–water partition coefficient (Wildman–Crippen LogP) is 0.272. The van der Waals surface area contributed by atoms with Crippen LogP contribution in [0.2, 0.25) is 0 Å². The second kappa shape index (κ2) is 6.44. The SMILES string of the molecule is N#Cc1cn(-c2ccc(N3C[C@H](CNC(N)=O)OC3=O)cc2F)nn1. The number of halogens is 1. The molecule has 10 nitrogen and oxygen atoms in total. The van der Waals surface area contributed by atoms with E-state index in [4.69, 9.17) is 15.7 Å². The Hall–Kier alpha value is -3.68. The zero-order valence-electron chi connectivity index (χ0n) is 12.7. The number of urea groups is 1. The maximum atomic E-state index is 14.4. The van der Waals surface area contributed by atoms with Gasteiger partial charge in [0.1, 0.15) is 17.9 Å². The number of cyclic esters (lactones) is 1. The average molecular weight is 345 g/mol. The molecule has 3 N–H and O–H groups in total. The molecule has 1 aliphatic heterocycles. The molecule has 0 saturated carbocycles. The Morgan fingerprint density at radius 2 is 2.36 bits per heavy atom. The van der Waals surface area contributed by atoms with Gasteiger partial charge in [0.05, 0.1) is 25.0 Å². The highest BCUT2D eigenvalue weighted by Crippen LogP contribution is 2.25. The van der Waals surface area contributed by atoms with E-state index in [9.17, 15) is 14.0 Å². The molecule has 1 aliphatic rings. The van der Waals surface area contributed by atoms with Crippen LogP contribution in [0.3, 0.4) is 0 Å². The molecule has 3 amide bonds. The topological polar surface area (TPSA) is 139 Å². The molecule has 128 valence electrons. The summed E-state index contributed by atoms with van der Waals surface area (Å²) in [4.78, 5) is 23.9. The first-order valence-electron chi connectivity index (χ1n) is 7.11. The molecule has 0 spiro atoms. The minimum atomic E-state index is -0.727. The van der Waals surface area contributed by atoms with Gasteiger partial charge in [-0.25, -0.2) is 18.7 Å². The number of carbonyl (C=O) groups excluding carboxylic acids is 2. The Bertz CT molecular complexity index is 876. The van der Waals surface area contributed by atoms with E-state index in [-0.39, 0.29) is 30.2 Å².